The summed E-state index contributed by atoms with van der Waals surface area (Å²) in [6, 6.07) is 5.83. The smallest absolute Gasteiger partial charge is 0.303 e. The molecule has 0 spiro atoms. The van der Waals surface area contributed by atoms with Crippen molar-refractivity contribution >= 4 is 21.9 Å². The molecule has 0 radical (unpaired) electrons. The first-order valence-electron chi connectivity index (χ1n) is 5.87. The van der Waals surface area contributed by atoms with Crippen molar-refractivity contribution in [1.82, 2.24) is 10.2 Å². The highest BCUT2D eigenvalue weighted by molar-refractivity contribution is 9.10. The van der Waals surface area contributed by atoms with Gasteiger partial charge in [0.25, 0.3) is 0 Å². The highest BCUT2D eigenvalue weighted by Gasteiger charge is 2.11. The van der Waals surface area contributed by atoms with Crippen molar-refractivity contribution < 1.29 is 14.3 Å². The van der Waals surface area contributed by atoms with Crippen LogP contribution in [-0.2, 0) is 11.2 Å². The summed E-state index contributed by atoms with van der Waals surface area (Å²) in [5.41, 5.74) is 1.93. The molecule has 19 heavy (non-hydrogen) atoms. The molecule has 1 N–H and O–H groups in total. The number of hydrogen-bond acceptors (Lipinski definition) is 4. The normalized spacial score (nSPS) is 10.6. The number of benzene rings is 1. The minimum absolute atomic E-state index is 0.105. The first kappa shape index (κ1) is 13.7. The van der Waals surface area contributed by atoms with Crippen molar-refractivity contribution in [1.29, 1.82) is 0 Å². The van der Waals surface area contributed by atoms with E-state index in [1.54, 1.807) is 0 Å². The third-order valence-electron chi connectivity index (χ3n) is 2.68. The highest BCUT2D eigenvalue weighted by atomic mass is 79.9. The molecule has 0 aliphatic rings. The zero-order valence-corrected chi connectivity index (χ0v) is 12.0. The number of carboxylic acids is 1. The Morgan fingerprint density at radius 1 is 1.42 bits per heavy atom. The Labute approximate surface area is 118 Å². The zero-order chi connectivity index (χ0) is 13.8. The lowest BCUT2D eigenvalue weighted by Gasteiger charge is -2.01. The number of carbonyl (C=O) groups is 1. The molecule has 0 aliphatic heterocycles. The quantitative estimate of drug-likeness (QED) is 0.913. The van der Waals surface area contributed by atoms with E-state index in [4.69, 9.17) is 9.52 Å². The average Bonchev–Trinajstić information content (AvgIpc) is 2.80. The molecule has 0 saturated heterocycles. The Bertz CT molecular complexity index is 595. The summed E-state index contributed by atoms with van der Waals surface area (Å²) >= 11 is 3.40. The second-order valence-corrected chi connectivity index (χ2v) is 5.12. The summed E-state index contributed by atoms with van der Waals surface area (Å²) < 4.78 is 6.49. The standard InChI is InChI=1S/C13H13BrN2O3/c1-8-5-6-9(14)7-10(8)13-16-15-11(19-13)3-2-4-12(17)18/h5-7H,2-4H2,1H3,(H,17,18). The number of hydrogen-bond donors (Lipinski definition) is 1. The fourth-order valence-corrected chi connectivity index (χ4v) is 2.04. The van der Waals surface area contributed by atoms with Gasteiger partial charge in [0, 0.05) is 22.9 Å². The maximum Gasteiger partial charge on any atom is 0.303 e. The maximum absolute atomic E-state index is 10.4. The molecule has 2 rings (SSSR count). The van der Waals surface area contributed by atoms with E-state index in [0.29, 0.717) is 24.6 Å². The van der Waals surface area contributed by atoms with E-state index in [1.165, 1.54) is 0 Å². The van der Waals surface area contributed by atoms with Gasteiger partial charge in [-0.1, -0.05) is 22.0 Å². The Morgan fingerprint density at radius 3 is 2.95 bits per heavy atom. The summed E-state index contributed by atoms with van der Waals surface area (Å²) in [7, 11) is 0. The Balaban J connectivity index is 2.12. The van der Waals surface area contributed by atoms with Gasteiger partial charge in [0.05, 0.1) is 0 Å². The van der Waals surface area contributed by atoms with E-state index in [1.807, 2.05) is 25.1 Å². The van der Waals surface area contributed by atoms with Crippen molar-refractivity contribution in [3.63, 3.8) is 0 Å². The van der Waals surface area contributed by atoms with Crippen LogP contribution in [-0.4, -0.2) is 21.3 Å². The molecule has 1 aromatic carbocycles. The van der Waals surface area contributed by atoms with Gasteiger partial charge in [-0.3, -0.25) is 4.79 Å². The number of nitrogens with zero attached hydrogens (tertiary/aromatic N) is 2. The van der Waals surface area contributed by atoms with Gasteiger partial charge in [0.15, 0.2) is 0 Å². The van der Waals surface area contributed by atoms with Crippen molar-refractivity contribution in [3.05, 3.63) is 34.1 Å². The van der Waals surface area contributed by atoms with E-state index in [0.717, 1.165) is 15.6 Å². The third-order valence-corrected chi connectivity index (χ3v) is 3.17. The Kier molecular flexibility index (Phi) is 4.31. The van der Waals surface area contributed by atoms with Crippen LogP contribution in [0.25, 0.3) is 11.5 Å². The van der Waals surface area contributed by atoms with E-state index in [9.17, 15) is 4.79 Å². The summed E-state index contributed by atoms with van der Waals surface area (Å²) in [6.45, 7) is 1.97. The van der Waals surface area contributed by atoms with Crippen LogP contribution in [0.2, 0.25) is 0 Å². The fourth-order valence-electron chi connectivity index (χ4n) is 1.68. The molecular formula is C13H13BrN2O3. The number of rotatable bonds is 5. The molecule has 0 fully saturated rings. The van der Waals surface area contributed by atoms with Gasteiger partial charge in [0.1, 0.15) is 0 Å². The van der Waals surface area contributed by atoms with E-state index in [2.05, 4.69) is 26.1 Å². The van der Waals surface area contributed by atoms with Crippen LogP contribution in [0.3, 0.4) is 0 Å². The molecule has 2 aromatic rings. The summed E-state index contributed by atoms with van der Waals surface area (Å²) in [6.07, 6.45) is 1.08. The first-order chi connectivity index (χ1) is 9.06. The number of carboxylic acid groups (broad SMARTS) is 1. The minimum atomic E-state index is -0.817. The Morgan fingerprint density at radius 2 is 2.21 bits per heavy atom. The van der Waals surface area contributed by atoms with E-state index < -0.39 is 5.97 Å². The topological polar surface area (TPSA) is 76.2 Å². The minimum Gasteiger partial charge on any atom is -0.481 e. The number of halogens is 1. The van der Waals surface area contributed by atoms with Gasteiger partial charge in [-0.2, -0.15) is 0 Å². The van der Waals surface area contributed by atoms with Gasteiger partial charge in [-0.05, 0) is 31.0 Å². The van der Waals surface area contributed by atoms with E-state index >= 15 is 0 Å². The molecule has 0 atom stereocenters. The molecule has 0 aliphatic carbocycles. The third kappa shape index (κ3) is 3.64. The van der Waals surface area contributed by atoms with Gasteiger partial charge >= 0.3 is 5.97 Å². The lowest BCUT2D eigenvalue weighted by molar-refractivity contribution is -0.137. The van der Waals surface area contributed by atoms with Gasteiger partial charge in [0.2, 0.25) is 11.8 Å². The molecular weight excluding hydrogens is 312 g/mol. The second-order valence-electron chi connectivity index (χ2n) is 4.21. The second kappa shape index (κ2) is 5.97. The predicted octanol–water partition coefficient (Wildman–Crippen LogP) is 3.21. The van der Waals surface area contributed by atoms with Crippen LogP contribution in [0.4, 0.5) is 0 Å². The summed E-state index contributed by atoms with van der Waals surface area (Å²) in [5, 5.41) is 16.5. The lowest BCUT2D eigenvalue weighted by atomic mass is 10.1. The fraction of sp³-hybridized carbons (Fsp3) is 0.308. The average molecular weight is 325 g/mol. The number of aliphatic carboxylic acids is 1. The van der Waals surface area contributed by atoms with Gasteiger partial charge in [-0.25, -0.2) is 0 Å². The molecule has 1 heterocycles. The molecule has 0 amide bonds. The van der Waals surface area contributed by atoms with Crippen LogP contribution >= 0.6 is 15.9 Å². The molecule has 0 unspecified atom stereocenters. The largest absolute Gasteiger partial charge is 0.481 e. The summed E-state index contributed by atoms with van der Waals surface area (Å²) in [5.74, 6) is 0.113. The number of aryl methyl sites for hydroxylation is 2. The molecule has 5 nitrogen and oxygen atoms in total. The van der Waals surface area contributed by atoms with Crippen molar-refractivity contribution in [2.24, 2.45) is 0 Å². The first-order valence-corrected chi connectivity index (χ1v) is 6.66. The SMILES string of the molecule is Cc1ccc(Br)cc1-c1nnc(CCCC(=O)O)o1. The maximum atomic E-state index is 10.4. The monoisotopic (exact) mass is 324 g/mol. The van der Waals surface area contributed by atoms with Crippen LogP contribution < -0.4 is 0 Å². The molecule has 1 aromatic heterocycles. The Hall–Kier alpha value is -1.69. The van der Waals surface area contributed by atoms with Crippen LogP contribution in [0, 0.1) is 6.92 Å². The van der Waals surface area contributed by atoms with Crippen molar-refractivity contribution in [2.45, 2.75) is 26.2 Å². The molecule has 0 saturated carbocycles. The van der Waals surface area contributed by atoms with Crippen LogP contribution in [0.5, 0.6) is 0 Å². The van der Waals surface area contributed by atoms with Crippen LogP contribution in [0.1, 0.15) is 24.3 Å². The zero-order valence-electron chi connectivity index (χ0n) is 10.4. The predicted molar refractivity (Wildman–Crippen MR) is 72.7 cm³/mol. The van der Waals surface area contributed by atoms with Crippen LogP contribution in [0.15, 0.2) is 27.1 Å². The van der Waals surface area contributed by atoms with E-state index in [-0.39, 0.29) is 6.42 Å². The van der Waals surface area contributed by atoms with Gasteiger partial charge < -0.3 is 9.52 Å². The van der Waals surface area contributed by atoms with Crippen molar-refractivity contribution in [2.75, 3.05) is 0 Å². The van der Waals surface area contributed by atoms with Crippen molar-refractivity contribution in [3.8, 4) is 11.5 Å². The molecule has 0 bridgehead atoms. The summed E-state index contributed by atoms with van der Waals surface area (Å²) in [4.78, 5) is 10.4. The number of aromatic nitrogens is 2. The molecule has 100 valence electrons. The lowest BCUT2D eigenvalue weighted by Crippen LogP contribution is -1.95. The highest BCUT2D eigenvalue weighted by Crippen LogP contribution is 2.25. The molecule has 6 heteroatoms. The van der Waals surface area contributed by atoms with Gasteiger partial charge in [-0.15, -0.1) is 10.2 Å².